The van der Waals surface area contributed by atoms with Crippen LogP contribution in [0.3, 0.4) is 0 Å². The molecular formula is C18H28N6O. The molecule has 0 aliphatic carbocycles. The molecular weight excluding hydrogens is 316 g/mol. The smallest absolute Gasteiger partial charge is 0.317 e. The van der Waals surface area contributed by atoms with E-state index in [1.165, 1.54) is 0 Å². The normalized spacial score (nSPS) is 19.0. The molecule has 0 radical (unpaired) electrons. The lowest BCUT2D eigenvalue weighted by molar-refractivity contribution is 0.150. The van der Waals surface area contributed by atoms with E-state index < -0.39 is 0 Å². The minimum Gasteiger partial charge on any atom is -0.338 e. The summed E-state index contributed by atoms with van der Waals surface area (Å²) in [6, 6.07) is 2.22. The number of nitrogens with zero attached hydrogens (tertiary/aromatic N) is 4. The van der Waals surface area contributed by atoms with Crippen molar-refractivity contribution in [1.29, 1.82) is 0 Å². The molecule has 2 amide bonds. The van der Waals surface area contributed by atoms with Gasteiger partial charge in [-0.25, -0.2) is 4.79 Å². The molecule has 3 heterocycles. The summed E-state index contributed by atoms with van der Waals surface area (Å²) in [5.41, 5.74) is 3.28. The van der Waals surface area contributed by atoms with Gasteiger partial charge in [-0.2, -0.15) is 10.2 Å². The fourth-order valence-electron chi connectivity index (χ4n) is 3.55. The van der Waals surface area contributed by atoms with Gasteiger partial charge in [0.1, 0.15) is 0 Å². The Morgan fingerprint density at radius 3 is 2.96 bits per heavy atom. The van der Waals surface area contributed by atoms with Gasteiger partial charge in [0.05, 0.1) is 17.9 Å². The van der Waals surface area contributed by atoms with E-state index in [1.54, 1.807) is 0 Å². The maximum atomic E-state index is 12.7. The Balaban J connectivity index is 1.54. The van der Waals surface area contributed by atoms with Gasteiger partial charge in [0.2, 0.25) is 0 Å². The number of piperidine rings is 1. The number of amides is 2. The molecule has 2 N–H and O–H groups in total. The van der Waals surface area contributed by atoms with Crippen molar-refractivity contribution < 1.29 is 4.79 Å². The van der Waals surface area contributed by atoms with E-state index in [-0.39, 0.29) is 12.1 Å². The molecule has 0 aromatic carbocycles. The quantitative estimate of drug-likeness (QED) is 0.875. The number of carbonyl (C=O) groups excluding carboxylic acids is 1. The fraction of sp³-hybridized carbons (Fsp3) is 0.611. The zero-order valence-electron chi connectivity index (χ0n) is 15.3. The van der Waals surface area contributed by atoms with Gasteiger partial charge in [-0.3, -0.25) is 9.78 Å². The lowest BCUT2D eigenvalue weighted by Crippen LogP contribution is -2.45. The molecule has 0 saturated carbocycles. The Morgan fingerprint density at radius 2 is 2.28 bits per heavy atom. The van der Waals surface area contributed by atoms with Crippen LogP contribution in [-0.2, 0) is 6.54 Å². The van der Waals surface area contributed by atoms with Crippen molar-refractivity contribution in [3.05, 3.63) is 35.4 Å². The van der Waals surface area contributed by atoms with Gasteiger partial charge >= 0.3 is 6.03 Å². The van der Waals surface area contributed by atoms with E-state index in [1.807, 2.05) is 28.9 Å². The monoisotopic (exact) mass is 344 g/mol. The van der Waals surface area contributed by atoms with Crippen LogP contribution < -0.4 is 5.32 Å². The Labute approximate surface area is 148 Å². The number of aryl methyl sites for hydroxylation is 2. The van der Waals surface area contributed by atoms with Gasteiger partial charge in [0.25, 0.3) is 0 Å². The topological polar surface area (TPSA) is 78.8 Å². The third-order valence-electron chi connectivity index (χ3n) is 4.86. The minimum atomic E-state index is 0.0196. The maximum absolute atomic E-state index is 12.7. The van der Waals surface area contributed by atoms with Crippen molar-refractivity contribution in [3.8, 4) is 0 Å². The zero-order valence-corrected chi connectivity index (χ0v) is 15.3. The van der Waals surface area contributed by atoms with Crippen molar-refractivity contribution >= 4 is 6.03 Å². The van der Waals surface area contributed by atoms with Gasteiger partial charge in [-0.1, -0.05) is 6.92 Å². The first kappa shape index (κ1) is 17.5. The molecule has 7 heteroatoms. The number of aromatic nitrogens is 4. The number of hydrogen-bond donors (Lipinski definition) is 2. The number of likely N-dealkylation sites (tertiary alicyclic amines) is 1. The van der Waals surface area contributed by atoms with Crippen LogP contribution in [0.4, 0.5) is 4.79 Å². The van der Waals surface area contributed by atoms with Crippen LogP contribution in [0.5, 0.6) is 0 Å². The summed E-state index contributed by atoms with van der Waals surface area (Å²) in [6.07, 6.45) is 6.91. The van der Waals surface area contributed by atoms with Gasteiger partial charge in [0.15, 0.2) is 0 Å². The average Bonchev–Trinajstić information content (AvgIpc) is 3.23. The summed E-state index contributed by atoms with van der Waals surface area (Å²) in [5.74, 6) is 0.319. The second-order valence-corrected chi connectivity index (χ2v) is 7.14. The standard InChI is InChI=1S/C18H28N6O/c1-13(12-24-15(3)8-14(2)22-24)9-19-18(25)23-7-5-4-6-17(23)16-10-20-21-11-16/h8,10-11,13,17H,4-7,9,12H2,1-3H3,(H,19,25)(H,20,21)/t13-,17-/m0/s1. The highest BCUT2D eigenvalue weighted by Gasteiger charge is 2.28. The molecule has 0 spiro atoms. The van der Waals surface area contributed by atoms with Crippen molar-refractivity contribution in [2.45, 2.75) is 52.6 Å². The first-order valence-electron chi connectivity index (χ1n) is 9.09. The second kappa shape index (κ2) is 7.72. The summed E-state index contributed by atoms with van der Waals surface area (Å²) in [7, 11) is 0. The van der Waals surface area contributed by atoms with Gasteiger partial charge in [0, 0.05) is 37.1 Å². The summed E-state index contributed by atoms with van der Waals surface area (Å²) in [4.78, 5) is 14.6. The van der Waals surface area contributed by atoms with E-state index in [2.05, 4.69) is 40.5 Å². The van der Waals surface area contributed by atoms with Crippen LogP contribution in [-0.4, -0.2) is 44.0 Å². The van der Waals surface area contributed by atoms with Crippen LogP contribution in [0.25, 0.3) is 0 Å². The number of urea groups is 1. The fourth-order valence-corrected chi connectivity index (χ4v) is 3.55. The zero-order chi connectivity index (χ0) is 17.8. The van der Waals surface area contributed by atoms with Crippen LogP contribution in [0, 0.1) is 19.8 Å². The van der Waals surface area contributed by atoms with Crippen molar-refractivity contribution in [2.75, 3.05) is 13.1 Å². The Kier molecular flexibility index (Phi) is 5.40. The molecule has 0 bridgehead atoms. The van der Waals surface area contributed by atoms with E-state index >= 15 is 0 Å². The highest BCUT2D eigenvalue weighted by atomic mass is 16.2. The Morgan fingerprint density at radius 1 is 1.44 bits per heavy atom. The van der Waals surface area contributed by atoms with Gasteiger partial charge in [-0.15, -0.1) is 0 Å². The number of aromatic amines is 1. The summed E-state index contributed by atoms with van der Waals surface area (Å²) in [6.45, 7) is 8.46. The van der Waals surface area contributed by atoms with E-state index in [9.17, 15) is 4.79 Å². The summed E-state index contributed by atoms with van der Waals surface area (Å²) >= 11 is 0. The lowest BCUT2D eigenvalue weighted by atomic mass is 9.98. The summed E-state index contributed by atoms with van der Waals surface area (Å²) < 4.78 is 2.02. The number of H-pyrrole nitrogens is 1. The number of hydrogen-bond acceptors (Lipinski definition) is 3. The number of nitrogens with one attached hydrogen (secondary N) is 2. The molecule has 3 rings (SSSR count). The molecule has 1 saturated heterocycles. The minimum absolute atomic E-state index is 0.0196. The molecule has 2 atom stereocenters. The van der Waals surface area contributed by atoms with E-state index in [0.29, 0.717) is 12.5 Å². The molecule has 2 aromatic rings. The Bertz CT molecular complexity index is 692. The maximum Gasteiger partial charge on any atom is 0.317 e. The molecule has 25 heavy (non-hydrogen) atoms. The van der Waals surface area contributed by atoms with Crippen LogP contribution in [0.1, 0.15) is 49.2 Å². The van der Waals surface area contributed by atoms with Crippen molar-refractivity contribution in [1.82, 2.24) is 30.2 Å². The first-order valence-corrected chi connectivity index (χ1v) is 9.09. The predicted octanol–water partition coefficient (Wildman–Crippen LogP) is 2.80. The molecule has 2 aromatic heterocycles. The van der Waals surface area contributed by atoms with Crippen LogP contribution in [0.15, 0.2) is 18.5 Å². The molecule has 1 aliphatic rings. The van der Waals surface area contributed by atoms with Crippen molar-refractivity contribution in [2.24, 2.45) is 5.92 Å². The van der Waals surface area contributed by atoms with E-state index in [4.69, 9.17) is 0 Å². The third-order valence-corrected chi connectivity index (χ3v) is 4.86. The highest BCUT2D eigenvalue weighted by Crippen LogP contribution is 2.30. The third kappa shape index (κ3) is 4.21. The molecule has 1 aliphatic heterocycles. The largest absolute Gasteiger partial charge is 0.338 e. The molecule has 1 fully saturated rings. The lowest BCUT2D eigenvalue weighted by Gasteiger charge is -2.35. The number of carbonyl (C=O) groups is 1. The van der Waals surface area contributed by atoms with Crippen molar-refractivity contribution in [3.63, 3.8) is 0 Å². The second-order valence-electron chi connectivity index (χ2n) is 7.14. The van der Waals surface area contributed by atoms with E-state index in [0.717, 1.165) is 49.3 Å². The molecule has 0 unspecified atom stereocenters. The molecule has 136 valence electrons. The SMILES string of the molecule is Cc1cc(C)n(C[C@@H](C)CNC(=O)N2CCCC[C@H]2c2cn[nH]c2)n1. The van der Waals surface area contributed by atoms with Crippen LogP contribution in [0.2, 0.25) is 0 Å². The average molecular weight is 344 g/mol. The van der Waals surface area contributed by atoms with Gasteiger partial charge in [-0.05, 0) is 45.1 Å². The number of rotatable bonds is 5. The highest BCUT2D eigenvalue weighted by molar-refractivity contribution is 5.74. The Hall–Kier alpha value is -2.31. The summed E-state index contributed by atoms with van der Waals surface area (Å²) in [5, 5.41) is 14.5. The van der Waals surface area contributed by atoms with Gasteiger partial charge < -0.3 is 10.2 Å². The predicted molar refractivity (Wildman–Crippen MR) is 96.1 cm³/mol. The first-order chi connectivity index (χ1) is 12.0. The molecule has 7 nitrogen and oxygen atoms in total. The van der Waals surface area contributed by atoms with Crippen LogP contribution >= 0.6 is 0 Å².